The monoisotopic (exact) mass is 377 g/mol. The molecule has 0 atom stereocenters. The van der Waals surface area contributed by atoms with E-state index in [0.717, 1.165) is 23.5 Å². The molecule has 0 bridgehead atoms. The Labute approximate surface area is 154 Å². The fraction of sp³-hybridized carbons (Fsp3) is 0.368. The van der Waals surface area contributed by atoms with E-state index in [4.69, 9.17) is 4.74 Å². The third-order valence-electron chi connectivity index (χ3n) is 4.52. The molecule has 1 fully saturated rings. The van der Waals surface area contributed by atoms with Gasteiger partial charge in [-0.1, -0.05) is 0 Å². The maximum atomic E-state index is 12.8. The molecule has 2 aromatic carbocycles. The van der Waals surface area contributed by atoms with Gasteiger partial charge in [0.1, 0.15) is 5.75 Å². The Morgan fingerprint density at radius 3 is 2.16 bits per heavy atom. The highest BCUT2D eigenvalue weighted by atomic mass is 32.2. The molecule has 1 saturated carbocycles. The molecular weight excluding hydrogens is 354 g/mol. The number of benzene rings is 2. The largest absolute Gasteiger partial charge is 0.490 e. The lowest BCUT2D eigenvalue weighted by atomic mass is 10.3. The van der Waals surface area contributed by atoms with Gasteiger partial charge < -0.3 is 4.74 Å². The van der Waals surface area contributed by atoms with Crippen LogP contribution in [-0.4, -0.2) is 27.8 Å². The number of hydrogen-bond acceptors (Lipinski definition) is 4. The summed E-state index contributed by atoms with van der Waals surface area (Å²) in [6.45, 7) is 0. The number of sulfonamides is 1. The summed E-state index contributed by atoms with van der Waals surface area (Å²) >= 11 is 1.58. The van der Waals surface area contributed by atoms with Crippen molar-refractivity contribution in [2.45, 2.75) is 41.6 Å². The number of rotatable bonds is 6. The number of ether oxygens (including phenoxy) is 1. The van der Waals surface area contributed by atoms with Gasteiger partial charge in [0.05, 0.1) is 16.7 Å². The van der Waals surface area contributed by atoms with Crippen LogP contribution < -0.4 is 9.04 Å². The molecule has 6 heteroatoms. The normalized spacial score (nSPS) is 15.3. The van der Waals surface area contributed by atoms with E-state index in [9.17, 15) is 8.42 Å². The molecule has 0 heterocycles. The molecular formula is C19H23NO3S2. The molecule has 1 aliphatic rings. The van der Waals surface area contributed by atoms with Crippen LogP contribution in [0.1, 0.15) is 25.7 Å². The van der Waals surface area contributed by atoms with Crippen molar-refractivity contribution in [3.8, 4) is 5.75 Å². The Morgan fingerprint density at radius 1 is 1.00 bits per heavy atom. The first-order chi connectivity index (χ1) is 12.0. The first kappa shape index (κ1) is 18.1. The SMILES string of the molecule is CSc1ccc(S(=O)(=O)N(C)c2ccc(OC3CCCC3)cc2)cc1. The zero-order valence-electron chi connectivity index (χ0n) is 14.5. The standard InChI is InChI=1S/C19H23NO3S2/c1-20(25(21,22)19-13-11-18(24-2)12-14-19)15-7-9-17(10-8-15)23-16-5-3-4-6-16/h7-14,16H,3-6H2,1-2H3. The summed E-state index contributed by atoms with van der Waals surface area (Å²) in [4.78, 5) is 1.33. The maximum Gasteiger partial charge on any atom is 0.264 e. The molecule has 0 aliphatic heterocycles. The molecule has 4 nitrogen and oxygen atoms in total. The van der Waals surface area contributed by atoms with E-state index in [-0.39, 0.29) is 0 Å². The van der Waals surface area contributed by atoms with Crippen LogP contribution in [0.5, 0.6) is 5.75 Å². The average Bonchev–Trinajstić information content (AvgIpc) is 3.15. The van der Waals surface area contributed by atoms with Crippen LogP contribution in [0.25, 0.3) is 0 Å². The molecule has 0 saturated heterocycles. The molecule has 0 spiro atoms. The molecule has 0 amide bonds. The van der Waals surface area contributed by atoms with Gasteiger partial charge >= 0.3 is 0 Å². The quantitative estimate of drug-likeness (QED) is 0.693. The van der Waals surface area contributed by atoms with Crippen molar-refractivity contribution < 1.29 is 13.2 Å². The van der Waals surface area contributed by atoms with E-state index in [1.165, 1.54) is 17.1 Å². The van der Waals surface area contributed by atoms with Crippen molar-refractivity contribution >= 4 is 27.5 Å². The molecule has 0 radical (unpaired) electrons. The number of hydrogen-bond donors (Lipinski definition) is 0. The van der Waals surface area contributed by atoms with Gasteiger partial charge in [-0.2, -0.15) is 0 Å². The first-order valence-electron chi connectivity index (χ1n) is 8.40. The highest BCUT2D eigenvalue weighted by Gasteiger charge is 2.21. The van der Waals surface area contributed by atoms with Gasteiger partial charge in [0.15, 0.2) is 0 Å². The lowest BCUT2D eigenvalue weighted by Gasteiger charge is -2.20. The van der Waals surface area contributed by atoms with Gasteiger partial charge in [-0.15, -0.1) is 11.8 Å². The molecule has 0 aromatic heterocycles. The minimum atomic E-state index is -3.57. The molecule has 3 rings (SSSR count). The van der Waals surface area contributed by atoms with Crippen molar-refractivity contribution in [1.29, 1.82) is 0 Å². The molecule has 0 N–H and O–H groups in total. The summed E-state index contributed by atoms with van der Waals surface area (Å²) in [6, 6.07) is 14.2. The summed E-state index contributed by atoms with van der Waals surface area (Å²) in [5.74, 6) is 0.797. The predicted octanol–water partition coefficient (Wildman–Crippen LogP) is 4.56. The molecule has 0 unspecified atom stereocenters. The second kappa shape index (κ2) is 7.70. The van der Waals surface area contributed by atoms with Crippen LogP contribution in [0, 0.1) is 0 Å². The lowest BCUT2D eigenvalue weighted by Crippen LogP contribution is -2.26. The zero-order valence-corrected chi connectivity index (χ0v) is 16.1. The lowest BCUT2D eigenvalue weighted by molar-refractivity contribution is 0.210. The zero-order chi connectivity index (χ0) is 17.9. The fourth-order valence-corrected chi connectivity index (χ4v) is 4.58. The Morgan fingerprint density at radius 2 is 1.60 bits per heavy atom. The minimum Gasteiger partial charge on any atom is -0.490 e. The summed E-state index contributed by atoms with van der Waals surface area (Å²) in [6.07, 6.45) is 6.90. The summed E-state index contributed by atoms with van der Waals surface area (Å²) in [5, 5.41) is 0. The minimum absolute atomic E-state index is 0.291. The topological polar surface area (TPSA) is 46.6 Å². The van der Waals surface area contributed by atoms with Gasteiger partial charge in [0.2, 0.25) is 0 Å². The van der Waals surface area contributed by atoms with Crippen LogP contribution >= 0.6 is 11.8 Å². The first-order valence-corrected chi connectivity index (χ1v) is 11.1. The predicted molar refractivity (Wildman–Crippen MR) is 103 cm³/mol. The number of thioether (sulfide) groups is 1. The van der Waals surface area contributed by atoms with Crippen LogP contribution in [0.4, 0.5) is 5.69 Å². The highest BCUT2D eigenvalue weighted by Crippen LogP contribution is 2.28. The molecule has 1 aliphatic carbocycles. The second-order valence-electron chi connectivity index (χ2n) is 6.17. The van der Waals surface area contributed by atoms with Crippen LogP contribution in [0.15, 0.2) is 58.3 Å². The van der Waals surface area contributed by atoms with E-state index >= 15 is 0 Å². The van der Waals surface area contributed by atoms with Crippen molar-refractivity contribution in [2.24, 2.45) is 0 Å². The maximum absolute atomic E-state index is 12.8. The Hall–Kier alpha value is -1.66. The average molecular weight is 378 g/mol. The van der Waals surface area contributed by atoms with E-state index in [2.05, 4.69) is 0 Å². The molecule has 2 aromatic rings. The van der Waals surface area contributed by atoms with Crippen molar-refractivity contribution in [1.82, 2.24) is 0 Å². The number of nitrogens with zero attached hydrogens (tertiary/aromatic N) is 1. The third kappa shape index (κ3) is 4.12. The van der Waals surface area contributed by atoms with E-state index in [1.807, 2.05) is 30.5 Å². The van der Waals surface area contributed by atoms with Gasteiger partial charge in [-0.05, 0) is 80.5 Å². The summed E-state index contributed by atoms with van der Waals surface area (Å²) in [5.41, 5.74) is 0.618. The van der Waals surface area contributed by atoms with Gasteiger partial charge in [-0.25, -0.2) is 8.42 Å². The number of anilines is 1. The van der Waals surface area contributed by atoms with E-state index in [0.29, 0.717) is 16.7 Å². The van der Waals surface area contributed by atoms with E-state index in [1.54, 1.807) is 43.1 Å². The smallest absolute Gasteiger partial charge is 0.264 e. The van der Waals surface area contributed by atoms with Crippen LogP contribution in [-0.2, 0) is 10.0 Å². The highest BCUT2D eigenvalue weighted by molar-refractivity contribution is 7.98. The summed E-state index contributed by atoms with van der Waals surface area (Å²) in [7, 11) is -1.99. The van der Waals surface area contributed by atoms with Crippen molar-refractivity contribution in [3.05, 3.63) is 48.5 Å². The molecule has 25 heavy (non-hydrogen) atoms. The van der Waals surface area contributed by atoms with Gasteiger partial charge in [0, 0.05) is 11.9 Å². The molecule has 134 valence electrons. The third-order valence-corrected chi connectivity index (χ3v) is 7.07. The second-order valence-corrected chi connectivity index (χ2v) is 9.02. The van der Waals surface area contributed by atoms with Crippen molar-refractivity contribution in [3.63, 3.8) is 0 Å². The van der Waals surface area contributed by atoms with Gasteiger partial charge in [0.25, 0.3) is 10.0 Å². The van der Waals surface area contributed by atoms with Gasteiger partial charge in [-0.3, -0.25) is 4.31 Å². The Kier molecular flexibility index (Phi) is 5.59. The fourth-order valence-electron chi connectivity index (χ4n) is 2.98. The van der Waals surface area contributed by atoms with Crippen LogP contribution in [0.2, 0.25) is 0 Å². The van der Waals surface area contributed by atoms with E-state index < -0.39 is 10.0 Å². The Balaban J connectivity index is 1.75. The summed E-state index contributed by atoms with van der Waals surface area (Å²) < 4.78 is 32.8. The van der Waals surface area contributed by atoms with Crippen molar-refractivity contribution in [2.75, 3.05) is 17.6 Å². The van der Waals surface area contributed by atoms with Crippen LogP contribution in [0.3, 0.4) is 0 Å². The Bertz CT molecular complexity index is 796.